The smallest absolute Gasteiger partial charge is 0.317 e. The molecular formula is C21H34NO5+. The Morgan fingerprint density at radius 1 is 0.926 bits per heavy atom. The number of hydrogen-bond donors (Lipinski definition) is 1. The lowest BCUT2D eigenvalue weighted by molar-refractivity contribution is -0.884. The van der Waals surface area contributed by atoms with E-state index in [2.05, 4.69) is 21.1 Å². The number of aliphatic hydroxyl groups is 1. The average molecular weight is 381 g/mol. The highest BCUT2D eigenvalue weighted by Crippen LogP contribution is 2.23. The SMILES string of the molecule is CC(C)(C)C(=O)OCC(C)(CO)C(=O)OCc1ccc(C[N+](C)(C)C)cc1. The van der Waals surface area contributed by atoms with Crippen LogP contribution in [0.5, 0.6) is 0 Å². The first-order chi connectivity index (χ1) is 12.3. The standard InChI is InChI=1S/C21H34NO5/c1-20(2,3)18(24)27-15-21(4,14-23)19(25)26-13-17-10-8-16(9-11-17)12-22(5,6)7/h8-11,23H,12-15H2,1-7H3/q+1. The summed E-state index contributed by atoms with van der Waals surface area (Å²) in [4.78, 5) is 24.3. The third kappa shape index (κ3) is 7.69. The zero-order valence-electron chi connectivity index (χ0n) is 17.7. The van der Waals surface area contributed by atoms with Gasteiger partial charge in [0.15, 0.2) is 0 Å². The summed E-state index contributed by atoms with van der Waals surface area (Å²) >= 11 is 0. The molecule has 1 atom stereocenters. The molecule has 0 amide bonds. The molecule has 27 heavy (non-hydrogen) atoms. The molecule has 0 saturated heterocycles. The number of hydrogen-bond acceptors (Lipinski definition) is 5. The van der Waals surface area contributed by atoms with Crippen LogP contribution in [-0.2, 0) is 32.2 Å². The molecule has 6 nitrogen and oxygen atoms in total. The van der Waals surface area contributed by atoms with Gasteiger partial charge in [-0.25, -0.2) is 0 Å². The molecule has 1 N–H and O–H groups in total. The number of carbonyl (C=O) groups excluding carboxylic acids is 2. The number of quaternary nitrogens is 1. The highest BCUT2D eigenvalue weighted by Gasteiger charge is 2.37. The molecule has 0 aliphatic rings. The number of esters is 2. The van der Waals surface area contributed by atoms with Crippen molar-refractivity contribution < 1.29 is 28.7 Å². The van der Waals surface area contributed by atoms with Crippen LogP contribution in [0, 0.1) is 10.8 Å². The number of carbonyl (C=O) groups is 2. The Morgan fingerprint density at radius 3 is 1.89 bits per heavy atom. The molecule has 0 spiro atoms. The van der Waals surface area contributed by atoms with E-state index in [1.807, 2.05) is 24.3 Å². The van der Waals surface area contributed by atoms with Gasteiger partial charge in [0.25, 0.3) is 0 Å². The largest absolute Gasteiger partial charge is 0.464 e. The minimum absolute atomic E-state index is 0.103. The van der Waals surface area contributed by atoms with E-state index in [0.29, 0.717) is 0 Å². The molecule has 1 unspecified atom stereocenters. The number of ether oxygens (including phenoxy) is 2. The molecule has 152 valence electrons. The molecule has 1 rings (SSSR count). The van der Waals surface area contributed by atoms with Crippen molar-refractivity contribution in [3.05, 3.63) is 35.4 Å². The summed E-state index contributed by atoms with van der Waals surface area (Å²) < 4.78 is 11.4. The van der Waals surface area contributed by atoms with Crippen molar-refractivity contribution in [2.75, 3.05) is 34.4 Å². The highest BCUT2D eigenvalue weighted by atomic mass is 16.6. The van der Waals surface area contributed by atoms with E-state index in [0.717, 1.165) is 16.6 Å². The molecule has 1 aromatic carbocycles. The van der Waals surface area contributed by atoms with Gasteiger partial charge in [0.05, 0.1) is 33.2 Å². The van der Waals surface area contributed by atoms with Gasteiger partial charge in [-0.05, 0) is 33.3 Å². The van der Waals surface area contributed by atoms with E-state index in [1.54, 1.807) is 20.8 Å². The lowest BCUT2D eigenvalue weighted by Gasteiger charge is -2.26. The van der Waals surface area contributed by atoms with Crippen molar-refractivity contribution in [1.82, 2.24) is 0 Å². The molecule has 0 aliphatic heterocycles. The maximum atomic E-state index is 12.4. The Kier molecular flexibility index (Phi) is 7.57. The van der Waals surface area contributed by atoms with Gasteiger partial charge in [-0.1, -0.05) is 24.3 Å². The van der Waals surface area contributed by atoms with Gasteiger partial charge in [0.1, 0.15) is 25.2 Å². The Bertz CT molecular complexity index is 640. The zero-order valence-corrected chi connectivity index (χ0v) is 17.7. The summed E-state index contributed by atoms with van der Waals surface area (Å²) in [6, 6.07) is 7.88. The quantitative estimate of drug-likeness (QED) is 0.554. The van der Waals surface area contributed by atoms with E-state index in [1.165, 1.54) is 12.5 Å². The minimum Gasteiger partial charge on any atom is -0.464 e. The Labute approximate surface area is 162 Å². The highest BCUT2D eigenvalue weighted by molar-refractivity contribution is 5.78. The molecular weight excluding hydrogens is 346 g/mol. The van der Waals surface area contributed by atoms with E-state index in [4.69, 9.17) is 9.47 Å². The monoisotopic (exact) mass is 380 g/mol. The van der Waals surface area contributed by atoms with E-state index < -0.39 is 29.4 Å². The van der Waals surface area contributed by atoms with Crippen molar-refractivity contribution in [2.24, 2.45) is 10.8 Å². The molecule has 0 bridgehead atoms. The van der Waals surface area contributed by atoms with E-state index in [9.17, 15) is 14.7 Å². The number of nitrogens with zero attached hydrogens (tertiary/aromatic N) is 1. The van der Waals surface area contributed by atoms with Crippen molar-refractivity contribution in [3.63, 3.8) is 0 Å². The number of benzene rings is 1. The van der Waals surface area contributed by atoms with Crippen LogP contribution in [0.25, 0.3) is 0 Å². The zero-order chi connectivity index (χ0) is 20.9. The fraction of sp³-hybridized carbons (Fsp3) is 0.619. The predicted octanol–water partition coefficient (Wildman–Crippen LogP) is 2.52. The van der Waals surface area contributed by atoms with Crippen molar-refractivity contribution in [3.8, 4) is 0 Å². The van der Waals surface area contributed by atoms with Crippen LogP contribution in [0.3, 0.4) is 0 Å². The van der Waals surface area contributed by atoms with Crippen LogP contribution in [0.4, 0.5) is 0 Å². The van der Waals surface area contributed by atoms with Crippen LogP contribution < -0.4 is 0 Å². The van der Waals surface area contributed by atoms with Crippen LogP contribution in [0.15, 0.2) is 24.3 Å². The van der Waals surface area contributed by atoms with Gasteiger partial charge in [0.2, 0.25) is 0 Å². The maximum Gasteiger partial charge on any atom is 0.317 e. The number of rotatable bonds is 8. The van der Waals surface area contributed by atoms with Gasteiger partial charge >= 0.3 is 11.9 Å². The summed E-state index contributed by atoms with van der Waals surface area (Å²) in [5.74, 6) is -1.02. The second-order valence-electron chi connectivity index (χ2n) is 9.39. The fourth-order valence-electron chi connectivity index (χ4n) is 2.22. The van der Waals surface area contributed by atoms with Crippen LogP contribution >= 0.6 is 0 Å². The topological polar surface area (TPSA) is 72.8 Å². The van der Waals surface area contributed by atoms with Crippen LogP contribution in [0.1, 0.15) is 38.8 Å². The lowest BCUT2D eigenvalue weighted by Crippen LogP contribution is -2.40. The average Bonchev–Trinajstić information content (AvgIpc) is 2.56. The fourth-order valence-corrected chi connectivity index (χ4v) is 2.22. The summed E-state index contributed by atoms with van der Waals surface area (Å²) in [5.41, 5.74) is 0.102. The molecule has 0 fully saturated rings. The molecule has 0 heterocycles. The third-order valence-electron chi connectivity index (χ3n) is 4.03. The van der Waals surface area contributed by atoms with Crippen LogP contribution in [0.2, 0.25) is 0 Å². The van der Waals surface area contributed by atoms with Gasteiger partial charge in [-0.2, -0.15) is 0 Å². The van der Waals surface area contributed by atoms with Crippen LogP contribution in [-0.4, -0.2) is 55.9 Å². The maximum absolute atomic E-state index is 12.4. The molecule has 6 heteroatoms. The van der Waals surface area contributed by atoms with Crippen molar-refractivity contribution >= 4 is 11.9 Å². The first-order valence-corrected chi connectivity index (χ1v) is 9.10. The lowest BCUT2D eigenvalue weighted by atomic mass is 9.92. The first kappa shape index (κ1) is 23.1. The third-order valence-corrected chi connectivity index (χ3v) is 4.03. The molecule has 0 aliphatic carbocycles. The van der Waals surface area contributed by atoms with E-state index >= 15 is 0 Å². The minimum atomic E-state index is -1.29. The molecule has 0 saturated carbocycles. The van der Waals surface area contributed by atoms with Gasteiger partial charge < -0.3 is 19.1 Å². The second-order valence-corrected chi connectivity index (χ2v) is 9.39. The van der Waals surface area contributed by atoms with E-state index in [-0.39, 0.29) is 13.2 Å². The second kappa shape index (κ2) is 8.85. The van der Waals surface area contributed by atoms with Gasteiger partial charge in [0, 0.05) is 5.56 Å². The summed E-state index contributed by atoms with van der Waals surface area (Å²) in [7, 11) is 6.37. The predicted molar refractivity (Wildman–Crippen MR) is 104 cm³/mol. The van der Waals surface area contributed by atoms with Crippen molar-refractivity contribution in [1.29, 1.82) is 0 Å². The normalized spacial score (nSPS) is 14.4. The Hall–Kier alpha value is -1.92. The number of aliphatic hydroxyl groups excluding tert-OH is 1. The Balaban J connectivity index is 2.63. The summed E-state index contributed by atoms with van der Waals surface area (Å²) in [6.45, 7) is 7.03. The molecule has 1 aromatic rings. The summed E-state index contributed by atoms with van der Waals surface area (Å²) in [6.07, 6.45) is 0. The van der Waals surface area contributed by atoms with Crippen molar-refractivity contribution in [2.45, 2.75) is 40.8 Å². The molecule has 0 radical (unpaired) electrons. The molecule has 0 aromatic heterocycles. The summed E-state index contributed by atoms with van der Waals surface area (Å²) in [5, 5.41) is 9.62. The van der Waals surface area contributed by atoms with Gasteiger partial charge in [-0.15, -0.1) is 0 Å². The van der Waals surface area contributed by atoms with Gasteiger partial charge in [-0.3, -0.25) is 9.59 Å². The first-order valence-electron chi connectivity index (χ1n) is 9.10. The Morgan fingerprint density at radius 2 is 1.44 bits per heavy atom.